The average Bonchev–Trinajstić information content (AvgIpc) is 3.00. The minimum Gasteiger partial charge on any atom is -0.457 e. The number of allylic oxidation sites excluding steroid dienone is 2. The van der Waals surface area contributed by atoms with Crippen molar-refractivity contribution >= 4 is 5.97 Å². The van der Waals surface area contributed by atoms with Gasteiger partial charge in [-0.25, -0.2) is 0 Å². The van der Waals surface area contributed by atoms with Crippen LogP contribution < -0.4 is 0 Å². The van der Waals surface area contributed by atoms with Crippen LogP contribution in [0, 0.1) is 0 Å². The molecule has 6 unspecified atom stereocenters. The van der Waals surface area contributed by atoms with E-state index in [0.717, 1.165) is 12.8 Å². The Balaban J connectivity index is 2.09. The quantitative estimate of drug-likeness (QED) is 0.0493. The molecule has 0 amide bonds. The Labute approximate surface area is 261 Å². The van der Waals surface area contributed by atoms with E-state index in [1.807, 2.05) is 6.92 Å². The molecule has 0 spiro atoms. The topological polar surface area (TPSA) is 135 Å². The second-order valence-electron chi connectivity index (χ2n) is 12.0. The third-order valence-corrected chi connectivity index (χ3v) is 7.90. The molecular weight excluding hydrogens is 552 g/mol. The van der Waals surface area contributed by atoms with Crippen molar-refractivity contribution in [3.63, 3.8) is 0 Å². The molecule has 4 N–H and O–H groups in total. The molecule has 0 radical (unpaired) electrons. The first-order valence-corrected chi connectivity index (χ1v) is 17.3. The van der Waals surface area contributed by atoms with Crippen molar-refractivity contribution in [2.24, 2.45) is 0 Å². The molecular formula is C34H64O9. The fraction of sp³-hybridized carbons (Fsp3) is 0.912. The van der Waals surface area contributed by atoms with Gasteiger partial charge in [-0.2, -0.15) is 0 Å². The van der Waals surface area contributed by atoms with Crippen LogP contribution in [0.25, 0.3) is 0 Å². The molecule has 0 saturated carbocycles. The normalized spacial score (nSPS) is 23.2. The van der Waals surface area contributed by atoms with Gasteiger partial charge in [-0.15, -0.1) is 0 Å². The predicted octanol–water partition coefficient (Wildman–Crippen LogP) is 5.74. The maximum Gasteiger partial charge on any atom is 0.306 e. The summed E-state index contributed by atoms with van der Waals surface area (Å²) < 4.78 is 22.2. The van der Waals surface area contributed by atoms with Crippen LogP contribution in [0.4, 0.5) is 0 Å². The molecule has 1 heterocycles. The predicted molar refractivity (Wildman–Crippen MR) is 169 cm³/mol. The minimum absolute atomic E-state index is 0.118. The molecule has 0 aromatic heterocycles. The van der Waals surface area contributed by atoms with E-state index < -0.39 is 43.4 Å². The highest BCUT2D eigenvalue weighted by molar-refractivity contribution is 5.69. The standard InChI is InChI=1S/C34H64O9/c1-3-5-6-7-8-9-10-11-12-13-14-15-16-17-18-19-20-21-22-24-40-26-28(42-30(36)23-4-2)27-41-34-33(39)32(38)31(37)29(25-35)43-34/h12-13,28-29,31-35,37-39H,3-11,14-27H2,1-2H3/b13-12-. The van der Waals surface area contributed by atoms with Gasteiger partial charge in [-0.3, -0.25) is 4.79 Å². The molecule has 43 heavy (non-hydrogen) atoms. The summed E-state index contributed by atoms with van der Waals surface area (Å²) in [5.74, 6) is -0.368. The van der Waals surface area contributed by atoms with Crippen LogP contribution in [0.5, 0.6) is 0 Å². The molecule has 9 heteroatoms. The number of hydrogen-bond acceptors (Lipinski definition) is 9. The third-order valence-electron chi connectivity index (χ3n) is 7.90. The van der Waals surface area contributed by atoms with E-state index in [9.17, 15) is 25.2 Å². The van der Waals surface area contributed by atoms with E-state index in [1.54, 1.807) is 0 Å². The Bertz CT molecular complexity index is 672. The number of hydrogen-bond donors (Lipinski definition) is 4. The minimum atomic E-state index is -1.53. The Hall–Kier alpha value is -1.07. The highest BCUT2D eigenvalue weighted by atomic mass is 16.7. The van der Waals surface area contributed by atoms with Gasteiger partial charge < -0.3 is 39.4 Å². The van der Waals surface area contributed by atoms with Gasteiger partial charge in [0.1, 0.15) is 30.5 Å². The number of carbonyl (C=O) groups excluding carboxylic acids is 1. The molecule has 9 nitrogen and oxygen atoms in total. The van der Waals surface area contributed by atoms with Crippen LogP contribution >= 0.6 is 0 Å². The van der Waals surface area contributed by atoms with Crippen LogP contribution in [-0.4, -0.2) is 89.6 Å². The van der Waals surface area contributed by atoms with Crippen LogP contribution in [-0.2, 0) is 23.7 Å². The molecule has 0 aromatic carbocycles. The number of esters is 1. The molecule has 1 fully saturated rings. The van der Waals surface area contributed by atoms with E-state index in [0.29, 0.717) is 13.0 Å². The molecule has 0 aliphatic carbocycles. The van der Waals surface area contributed by atoms with Crippen LogP contribution in [0.3, 0.4) is 0 Å². The Kier molecular flexibility index (Phi) is 25.3. The van der Waals surface area contributed by atoms with Crippen molar-refractivity contribution in [1.29, 1.82) is 0 Å². The Morgan fingerprint density at radius 2 is 1.28 bits per heavy atom. The fourth-order valence-electron chi connectivity index (χ4n) is 5.17. The maximum atomic E-state index is 12.1. The summed E-state index contributed by atoms with van der Waals surface area (Å²) in [5, 5.41) is 39.4. The van der Waals surface area contributed by atoms with Gasteiger partial charge in [0, 0.05) is 13.0 Å². The monoisotopic (exact) mass is 616 g/mol. The molecule has 1 aliphatic rings. The van der Waals surface area contributed by atoms with Crippen molar-refractivity contribution < 1.29 is 44.2 Å². The highest BCUT2D eigenvalue weighted by Gasteiger charge is 2.44. The lowest BCUT2D eigenvalue weighted by Gasteiger charge is -2.39. The first-order valence-electron chi connectivity index (χ1n) is 17.3. The van der Waals surface area contributed by atoms with Gasteiger partial charge in [-0.1, -0.05) is 103 Å². The van der Waals surface area contributed by atoms with Gasteiger partial charge in [0.15, 0.2) is 6.29 Å². The van der Waals surface area contributed by atoms with Crippen LogP contribution in [0.1, 0.15) is 136 Å². The number of rotatable bonds is 28. The molecule has 6 atom stereocenters. The zero-order chi connectivity index (χ0) is 31.5. The van der Waals surface area contributed by atoms with Gasteiger partial charge in [-0.05, 0) is 38.5 Å². The molecule has 1 rings (SSSR count). The number of aliphatic hydroxyl groups excluding tert-OH is 4. The average molecular weight is 617 g/mol. The number of aliphatic hydroxyl groups is 4. The summed E-state index contributed by atoms with van der Waals surface area (Å²) in [5.41, 5.74) is 0. The largest absolute Gasteiger partial charge is 0.457 e. The van der Waals surface area contributed by atoms with Crippen molar-refractivity contribution in [2.75, 3.05) is 26.4 Å². The van der Waals surface area contributed by atoms with Gasteiger partial charge in [0.05, 0.1) is 19.8 Å². The summed E-state index contributed by atoms with van der Waals surface area (Å²) in [6, 6.07) is 0. The SMILES string of the molecule is CCCCCCCCC/C=C\CCCCCCCCCCOCC(COC1OC(CO)C(O)C(O)C1O)OC(=O)CCC. The first kappa shape index (κ1) is 40.0. The lowest BCUT2D eigenvalue weighted by atomic mass is 9.99. The van der Waals surface area contributed by atoms with E-state index in [1.165, 1.54) is 96.3 Å². The summed E-state index contributed by atoms with van der Waals surface area (Å²) in [7, 11) is 0. The maximum absolute atomic E-state index is 12.1. The van der Waals surface area contributed by atoms with E-state index >= 15 is 0 Å². The molecule has 254 valence electrons. The molecule has 0 bridgehead atoms. The summed E-state index contributed by atoms with van der Waals surface area (Å²) >= 11 is 0. The third kappa shape index (κ3) is 19.8. The van der Waals surface area contributed by atoms with Gasteiger partial charge in [0.2, 0.25) is 0 Å². The van der Waals surface area contributed by atoms with Gasteiger partial charge in [0.25, 0.3) is 0 Å². The van der Waals surface area contributed by atoms with Crippen molar-refractivity contribution in [3.05, 3.63) is 12.2 Å². The lowest BCUT2D eigenvalue weighted by molar-refractivity contribution is -0.305. The number of unbranched alkanes of at least 4 members (excludes halogenated alkanes) is 15. The van der Waals surface area contributed by atoms with Crippen molar-refractivity contribution in [1.82, 2.24) is 0 Å². The Morgan fingerprint density at radius 3 is 1.84 bits per heavy atom. The number of ether oxygens (including phenoxy) is 4. The van der Waals surface area contributed by atoms with Crippen LogP contribution in [0.15, 0.2) is 12.2 Å². The number of carbonyl (C=O) groups is 1. The lowest BCUT2D eigenvalue weighted by Crippen LogP contribution is -2.59. The highest BCUT2D eigenvalue weighted by Crippen LogP contribution is 2.22. The fourth-order valence-corrected chi connectivity index (χ4v) is 5.17. The second-order valence-corrected chi connectivity index (χ2v) is 12.0. The first-order chi connectivity index (χ1) is 20.9. The summed E-state index contributed by atoms with van der Waals surface area (Å²) in [4.78, 5) is 12.1. The summed E-state index contributed by atoms with van der Waals surface area (Å²) in [6.45, 7) is 4.18. The van der Waals surface area contributed by atoms with E-state index in [4.69, 9.17) is 18.9 Å². The molecule has 1 saturated heterocycles. The van der Waals surface area contributed by atoms with Crippen molar-refractivity contribution in [2.45, 2.75) is 173 Å². The van der Waals surface area contributed by atoms with Gasteiger partial charge >= 0.3 is 5.97 Å². The summed E-state index contributed by atoms with van der Waals surface area (Å²) in [6.07, 6.45) is 19.7. The zero-order valence-corrected chi connectivity index (χ0v) is 27.2. The smallest absolute Gasteiger partial charge is 0.306 e. The van der Waals surface area contributed by atoms with Crippen LogP contribution in [0.2, 0.25) is 0 Å². The Morgan fingerprint density at radius 1 is 0.721 bits per heavy atom. The zero-order valence-electron chi connectivity index (χ0n) is 27.2. The molecule has 0 aromatic rings. The molecule has 1 aliphatic heterocycles. The van der Waals surface area contributed by atoms with E-state index in [2.05, 4.69) is 19.1 Å². The van der Waals surface area contributed by atoms with E-state index in [-0.39, 0.29) is 25.6 Å². The van der Waals surface area contributed by atoms with Crippen molar-refractivity contribution in [3.8, 4) is 0 Å². The second kappa shape index (κ2) is 27.3.